The molecule has 0 N–H and O–H groups in total. The summed E-state index contributed by atoms with van der Waals surface area (Å²) in [6.45, 7) is 6.61. The van der Waals surface area contributed by atoms with Gasteiger partial charge in [0.05, 0.1) is 0 Å². The van der Waals surface area contributed by atoms with Crippen molar-refractivity contribution in [3.8, 4) is 0 Å². The van der Waals surface area contributed by atoms with Crippen molar-refractivity contribution in [2.45, 2.75) is 271 Å². The molecule has 0 saturated heterocycles. The molecule has 0 aliphatic carbocycles. The highest BCUT2D eigenvalue weighted by Gasteiger charge is 2.19. The maximum Gasteiger partial charge on any atom is 0.306 e. The predicted octanol–water partition coefficient (Wildman–Crippen LogP) is 16.0. The summed E-state index contributed by atoms with van der Waals surface area (Å²) >= 11 is 0. The zero-order valence-corrected chi connectivity index (χ0v) is 38.1. The normalized spacial score (nSPS) is 12.1. The standard InChI is InChI=1S/C51H94O6/c1-4-7-10-13-16-19-22-24-25-27-30-33-36-39-42-45-51(54)57-48(46-55-49(52)43-40-37-34-31-28-21-18-15-12-9-6-3)47-56-50(53)44-41-38-35-32-29-26-23-20-17-14-11-8-5-2/h19-20,22-23,48H,4-18,21,24-47H2,1-3H3/b22-19-,23-20-/t48-/m0/s1. The highest BCUT2D eigenvalue weighted by Crippen LogP contribution is 2.15. The van der Waals surface area contributed by atoms with Gasteiger partial charge >= 0.3 is 17.9 Å². The Bertz CT molecular complexity index is 927. The summed E-state index contributed by atoms with van der Waals surface area (Å²) in [6, 6.07) is 0. The molecular formula is C51H94O6. The second-order valence-electron chi connectivity index (χ2n) is 16.7. The maximum atomic E-state index is 12.8. The predicted molar refractivity (Wildman–Crippen MR) is 243 cm³/mol. The molecule has 6 nitrogen and oxygen atoms in total. The van der Waals surface area contributed by atoms with Gasteiger partial charge in [0, 0.05) is 19.3 Å². The van der Waals surface area contributed by atoms with Gasteiger partial charge in [-0.1, -0.05) is 199 Å². The number of hydrogen-bond acceptors (Lipinski definition) is 6. The fraction of sp³-hybridized carbons (Fsp3) is 0.863. The molecule has 0 aromatic carbocycles. The average Bonchev–Trinajstić information content (AvgIpc) is 3.21. The Morgan fingerprint density at radius 1 is 0.333 bits per heavy atom. The quantitative estimate of drug-likeness (QED) is 0.0264. The average molecular weight is 803 g/mol. The van der Waals surface area contributed by atoms with Gasteiger partial charge in [-0.15, -0.1) is 0 Å². The first-order valence-electron chi connectivity index (χ1n) is 24.8. The number of esters is 3. The Morgan fingerprint density at radius 2 is 0.579 bits per heavy atom. The summed E-state index contributed by atoms with van der Waals surface area (Å²) in [5, 5.41) is 0. The van der Waals surface area contributed by atoms with Gasteiger partial charge in [-0.25, -0.2) is 0 Å². The minimum atomic E-state index is -0.771. The van der Waals surface area contributed by atoms with E-state index in [1.54, 1.807) is 0 Å². The Morgan fingerprint density at radius 3 is 0.895 bits per heavy atom. The summed E-state index contributed by atoms with van der Waals surface area (Å²) < 4.78 is 16.8. The van der Waals surface area contributed by atoms with Gasteiger partial charge in [0.1, 0.15) is 13.2 Å². The van der Waals surface area contributed by atoms with Crippen molar-refractivity contribution in [1.29, 1.82) is 0 Å². The lowest BCUT2D eigenvalue weighted by atomic mass is 10.1. The second kappa shape index (κ2) is 46.6. The summed E-state index contributed by atoms with van der Waals surface area (Å²) in [6.07, 6.45) is 51.5. The van der Waals surface area contributed by atoms with Gasteiger partial charge in [0.25, 0.3) is 0 Å². The number of ether oxygens (including phenoxy) is 3. The van der Waals surface area contributed by atoms with Gasteiger partial charge in [-0.2, -0.15) is 0 Å². The van der Waals surface area contributed by atoms with Crippen molar-refractivity contribution in [2.24, 2.45) is 0 Å². The fourth-order valence-electron chi connectivity index (χ4n) is 7.14. The zero-order chi connectivity index (χ0) is 41.5. The summed E-state index contributed by atoms with van der Waals surface area (Å²) in [7, 11) is 0. The van der Waals surface area contributed by atoms with E-state index in [2.05, 4.69) is 45.1 Å². The lowest BCUT2D eigenvalue weighted by molar-refractivity contribution is -0.167. The molecule has 0 unspecified atom stereocenters. The smallest absolute Gasteiger partial charge is 0.306 e. The van der Waals surface area contributed by atoms with Gasteiger partial charge in [0.15, 0.2) is 6.10 Å². The molecule has 0 radical (unpaired) electrons. The van der Waals surface area contributed by atoms with E-state index in [0.29, 0.717) is 19.3 Å². The molecule has 334 valence electrons. The molecule has 6 heteroatoms. The molecule has 0 saturated carbocycles. The number of hydrogen-bond donors (Lipinski definition) is 0. The van der Waals surface area contributed by atoms with Crippen LogP contribution in [0.25, 0.3) is 0 Å². The van der Waals surface area contributed by atoms with Crippen LogP contribution in [0.3, 0.4) is 0 Å². The molecule has 0 aliphatic rings. The van der Waals surface area contributed by atoms with Crippen LogP contribution in [0, 0.1) is 0 Å². The van der Waals surface area contributed by atoms with Crippen LogP contribution in [-0.4, -0.2) is 37.2 Å². The van der Waals surface area contributed by atoms with Crippen molar-refractivity contribution in [3.05, 3.63) is 24.3 Å². The van der Waals surface area contributed by atoms with Crippen LogP contribution < -0.4 is 0 Å². The number of allylic oxidation sites excluding steroid dienone is 4. The second-order valence-corrected chi connectivity index (χ2v) is 16.7. The number of rotatable bonds is 45. The van der Waals surface area contributed by atoms with E-state index in [-0.39, 0.29) is 31.1 Å². The third-order valence-electron chi connectivity index (χ3n) is 10.9. The van der Waals surface area contributed by atoms with Crippen LogP contribution in [0.1, 0.15) is 265 Å². The Hall–Kier alpha value is -2.11. The largest absolute Gasteiger partial charge is 0.462 e. The highest BCUT2D eigenvalue weighted by molar-refractivity contribution is 5.71. The monoisotopic (exact) mass is 803 g/mol. The molecule has 0 heterocycles. The minimum absolute atomic E-state index is 0.0723. The summed E-state index contributed by atoms with van der Waals surface area (Å²) in [4.78, 5) is 37.8. The third-order valence-corrected chi connectivity index (χ3v) is 10.9. The third kappa shape index (κ3) is 44.8. The molecule has 0 aromatic heterocycles. The SMILES string of the molecule is CCCCCC/C=C\CCCCCCCCCC(=O)O[C@H](COC(=O)CCCCCCC/C=C\CCCCCC)COC(=O)CCCCCCCCCCCCC. The Kier molecular flexibility index (Phi) is 44.9. The van der Waals surface area contributed by atoms with Crippen LogP contribution in [0.5, 0.6) is 0 Å². The molecule has 0 fully saturated rings. The van der Waals surface area contributed by atoms with E-state index in [4.69, 9.17) is 14.2 Å². The van der Waals surface area contributed by atoms with Gasteiger partial charge in [0.2, 0.25) is 0 Å². The van der Waals surface area contributed by atoms with Crippen LogP contribution in [-0.2, 0) is 28.6 Å². The van der Waals surface area contributed by atoms with E-state index in [1.165, 1.54) is 161 Å². The van der Waals surface area contributed by atoms with Crippen molar-refractivity contribution in [2.75, 3.05) is 13.2 Å². The van der Waals surface area contributed by atoms with Gasteiger partial charge in [-0.3, -0.25) is 14.4 Å². The first-order valence-corrected chi connectivity index (χ1v) is 24.8. The maximum absolute atomic E-state index is 12.8. The van der Waals surface area contributed by atoms with E-state index in [1.807, 2.05) is 0 Å². The van der Waals surface area contributed by atoms with Crippen LogP contribution in [0.2, 0.25) is 0 Å². The van der Waals surface area contributed by atoms with E-state index >= 15 is 0 Å². The lowest BCUT2D eigenvalue weighted by Crippen LogP contribution is -2.30. The molecular weight excluding hydrogens is 709 g/mol. The molecule has 0 spiro atoms. The van der Waals surface area contributed by atoms with Crippen molar-refractivity contribution in [1.82, 2.24) is 0 Å². The van der Waals surface area contributed by atoms with Gasteiger partial charge < -0.3 is 14.2 Å². The molecule has 0 bridgehead atoms. The first kappa shape index (κ1) is 54.9. The van der Waals surface area contributed by atoms with E-state index < -0.39 is 6.10 Å². The number of carbonyl (C=O) groups is 3. The Balaban J connectivity index is 4.36. The fourth-order valence-corrected chi connectivity index (χ4v) is 7.14. The molecule has 0 aliphatic heterocycles. The Labute approximate surface area is 353 Å². The van der Waals surface area contributed by atoms with Gasteiger partial charge in [-0.05, 0) is 70.6 Å². The van der Waals surface area contributed by atoms with Crippen molar-refractivity contribution >= 4 is 17.9 Å². The van der Waals surface area contributed by atoms with E-state index in [9.17, 15) is 14.4 Å². The topological polar surface area (TPSA) is 78.9 Å². The molecule has 0 amide bonds. The molecule has 1 atom stereocenters. The zero-order valence-electron chi connectivity index (χ0n) is 38.1. The number of carbonyl (C=O) groups excluding carboxylic acids is 3. The highest BCUT2D eigenvalue weighted by atomic mass is 16.6. The number of unbranched alkanes of at least 4 members (excludes halogenated alkanes) is 30. The van der Waals surface area contributed by atoms with Crippen molar-refractivity contribution in [3.63, 3.8) is 0 Å². The van der Waals surface area contributed by atoms with Crippen molar-refractivity contribution < 1.29 is 28.6 Å². The first-order chi connectivity index (χ1) is 28.0. The lowest BCUT2D eigenvalue weighted by Gasteiger charge is -2.18. The minimum Gasteiger partial charge on any atom is -0.462 e. The summed E-state index contributed by atoms with van der Waals surface area (Å²) in [5.41, 5.74) is 0. The van der Waals surface area contributed by atoms with Crippen LogP contribution in [0.4, 0.5) is 0 Å². The van der Waals surface area contributed by atoms with Crippen LogP contribution in [0.15, 0.2) is 24.3 Å². The summed E-state index contributed by atoms with van der Waals surface area (Å²) in [5.74, 6) is -0.878. The molecule has 0 aromatic rings. The van der Waals surface area contributed by atoms with E-state index in [0.717, 1.165) is 64.2 Å². The van der Waals surface area contributed by atoms with Crippen LogP contribution >= 0.6 is 0 Å². The molecule has 0 rings (SSSR count). The molecule has 57 heavy (non-hydrogen) atoms.